The molecule has 1 aromatic rings. The second-order valence-corrected chi connectivity index (χ2v) is 5.52. The first-order valence-corrected chi connectivity index (χ1v) is 6.91. The molecule has 0 heterocycles. The number of hydrogen-bond acceptors (Lipinski definition) is 1. The zero-order valence-electron chi connectivity index (χ0n) is 9.72. The lowest BCUT2D eigenvalue weighted by Gasteiger charge is -2.09. The molecular formula is C14H16Cl2O. The highest BCUT2D eigenvalue weighted by Gasteiger charge is 2.19. The Bertz CT molecular complexity index is 388. The summed E-state index contributed by atoms with van der Waals surface area (Å²) in [5.74, 6) is 0.799. The van der Waals surface area contributed by atoms with Crippen molar-refractivity contribution in [1.29, 1.82) is 0 Å². The fourth-order valence-corrected chi connectivity index (χ4v) is 3.13. The predicted octanol–water partition coefficient (Wildman–Crippen LogP) is 5.15. The van der Waals surface area contributed by atoms with E-state index in [0.29, 0.717) is 22.0 Å². The molecule has 2 rings (SSSR count). The van der Waals surface area contributed by atoms with Crippen LogP contribution in [0.25, 0.3) is 0 Å². The molecule has 0 radical (unpaired) electrons. The van der Waals surface area contributed by atoms with Crippen molar-refractivity contribution < 1.29 is 4.79 Å². The first kappa shape index (κ1) is 12.9. The summed E-state index contributed by atoms with van der Waals surface area (Å²) in [6, 6.07) is 5.20. The Labute approximate surface area is 112 Å². The molecule has 3 heteroatoms. The molecule has 0 N–H and O–H groups in total. The van der Waals surface area contributed by atoms with Crippen LogP contribution in [0.2, 0.25) is 10.0 Å². The largest absolute Gasteiger partial charge is 0.294 e. The van der Waals surface area contributed by atoms with Crippen LogP contribution in [0.5, 0.6) is 0 Å². The summed E-state index contributed by atoms with van der Waals surface area (Å²) >= 11 is 12.0. The second kappa shape index (κ2) is 5.88. The van der Waals surface area contributed by atoms with Gasteiger partial charge in [0, 0.05) is 6.42 Å². The highest BCUT2D eigenvalue weighted by Crippen LogP contribution is 2.31. The molecule has 0 aromatic heterocycles. The Morgan fingerprint density at radius 1 is 1.18 bits per heavy atom. The summed E-state index contributed by atoms with van der Waals surface area (Å²) in [4.78, 5) is 12.1. The normalized spacial score (nSPS) is 16.4. The molecule has 1 fully saturated rings. The quantitative estimate of drug-likeness (QED) is 0.692. The van der Waals surface area contributed by atoms with Crippen LogP contribution < -0.4 is 0 Å². The van der Waals surface area contributed by atoms with E-state index in [1.54, 1.807) is 18.2 Å². The lowest BCUT2D eigenvalue weighted by Crippen LogP contribution is -2.04. The number of carbonyl (C=O) groups excluding carboxylic acids is 1. The summed E-state index contributed by atoms with van der Waals surface area (Å²) in [6.45, 7) is 0. The van der Waals surface area contributed by atoms with Gasteiger partial charge in [0.15, 0.2) is 5.78 Å². The molecule has 92 valence electrons. The van der Waals surface area contributed by atoms with Gasteiger partial charge in [0.25, 0.3) is 0 Å². The van der Waals surface area contributed by atoms with Gasteiger partial charge in [-0.2, -0.15) is 0 Å². The van der Waals surface area contributed by atoms with E-state index in [0.717, 1.165) is 12.3 Å². The van der Waals surface area contributed by atoms with Gasteiger partial charge in [0.2, 0.25) is 0 Å². The van der Waals surface area contributed by atoms with Crippen LogP contribution in [0, 0.1) is 5.92 Å². The zero-order chi connectivity index (χ0) is 12.3. The average molecular weight is 271 g/mol. The molecule has 1 aromatic carbocycles. The molecule has 1 aliphatic rings. The van der Waals surface area contributed by atoms with Crippen LogP contribution in [-0.4, -0.2) is 5.78 Å². The second-order valence-electron chi connectivity index (χ2n) is 4.71. The standard InChI is InChI=1S/C14H16Cl2O/c15-11-6-3-7-12(16)14(11)13(17)9-8-10-4-1-2-5-10/h3,6-7,10H,1-2,4-5,8-9H2. The van der Waals surface area contributed by atoms with Crippen LogP contribution in [0.4, 0.5) is 0 Å². The molecule has 1 aliphatic carbocycles. The van der Waals surface area contributed by atoms with E-state index in [9.17, 15) is 4.79 Å². The van der Waals surface area contributed by atoms with E-state index in [1.165, 1.54) is 25.7 Å². The molecule has 0 atom stereocenters. The zero-order valence-corrected chi connectivity index (χ0v) is 11.2. The van der Waals surface area contributed by atoms with E-state index in [4.69, 9.17) is 23.2 Å². The summed E-state index contributed by atoms with van der Waals surface area (Å²) in [5.41, 5.74) is 0.494. The highest BCUT2D eigenvalue weighted by atomic mass is 35.5. The third kappa shape index (κ3) is 3.23. The fraction of sp³-hybridized carbons (Fsp3) is 0.500. The lowest BCUT2D eigenvalue weighted by molar-refractivity contribution is 0.0974. The van der Waals surface area contributed by atoms with Crippen molar-refractivity contribution >= 4 is 29.0 Å². The molecule has 17 heavy (non-hydrogen) atoms. The predicted molar refractivity (Wildman–Crippen MR) is 72.0 cm³/mol. The number of halogens is 2. The summed E-state index contributed by atoms with van der Waals surface area (Å²) in [7, 11) is 0. The maximum absolute atomic E-state index is 12.1. The molecule has 0 saturated heterocycles. The maximum atomic E-state index is 12.1. The van der Waals surface area contributed by atoms with Crippen LogP contribution in [0.15, 0.2) is 18.2 Å². The molecule has 1 saturated carbocycles. The van der Waals surface area contributed by atoms with Crippen LogP contribution >= 0.6 is 23.2 Å². The number of rotatable bonds is 4. The van der Waals surface area contributed by atoms with Gasteiger partial charge in [-0.3, -0.25) is 4.79 Å². The van der Waals surface area contributed by atoms with E-state index in [1.807, 2.05) is 0 Å². The summed E-state index contributed by atoms with van der Waals surface area (Å²) in [5, 5.41) is 0.933. The van der Waals surface area contributed by atoms with Crippen molar-refractivity contribution in [2.75, 3.05) is 0 Å². The Morgan fingerprint density at radius 3 is 2.35 bits per heavy atom. The lowest BCUT2D eigenvalue weighted by atomic mass is 9.97. The van der Waals surface area contributed by atoms with E-state index >= 15 is 0 Å². The number of carbonyl (C=O) groups is 1. The number of benzene rings is 1. The molecule has 0 aliphatic heterocycles. The van der Waals surface area contributed by atoms with Crippen LogP contribution in [0.1, 0.15) is 48.9 Å². The molecule has 0 bridgehead atoms. The van der Waals surface area contributed by atoms with Gasteiger partial charge in [-0.25, -0.2) is 0 Å². The number of ketones is 1. The van der Waals surface area contributed by atoms with Gasteiger partial charge in [-0.05, 0) is 24.5 Å². The Kier molecular flexibility index (Phi) is 4.47. The minimum atomic E-state index is 0.0764. The first-order chi connectivity index (χ1) is 8.18. The first-order valence-electron chi connectivity index (χ1n) is 6.15. The van der Waals surface area contributed by atoms with Crippen molar-refractivity contribution in [2.45, 2.75) is 38.5 Å². The monoisotopic (exact) mass is 270 g/mol. The Balaban J connectivity index is 1.99. The fourth-order valence-electron chi connectivity index (χ4n) is 2.52. The Morgan fingerprint density at radius 2 is 1.76 bits per heavy atom. The van der Waals surface area contributed by atoms with Crippen molar-refractivity contribution in [1.82, 2.24) is 0 Å². The minimum Gasteiger partial charge on any atom is -0.294 e. The third-order valence-corrected chi connectivity index (χ3v) is 4.13. The average Bonchev–Trinajstić information content (AvgIpc) is 2.79. The topological polar surface area (TPSA) is 17.1 Å². The smallest absolute Gasteiger partial charge is 0.165 e. The van der Waals surface area contributed by atoms with Gasteiger partial charge in [0.05, 0.1) is 15.6 Å². The molecular weight excluding hydrogens is 255 g/mol. The maximum Gasteiger partial charge on any atom is 0.165 e. The van der Waals surface area contributed by atoms with Crippen LogP contribution in [-0.2, 0) is 0 Å². The van der Waals surface area contributed by atoms with Gasteiger partial charge < -0.3 is 0 Å². The van der Waals surface area contributed by atoms with Gasteiger partial charge in [-0.1, -0.05) is 55.0 Å². The SMILES string of the molecule is O=C(CCC1CCCC1)c1c(Cl)cccc1Cl. The van der Waals surface area contributed by atoms with Gasteiger partial charge >= 0.3 is 0 Å². The van der Waals surface area contributed by atoms with E-state index < -0.39 is 0 Å². The van der Waals surface area contributed by atoms with Gasteiger partial charge in [-0.15, -0.1) is 0 Å². The van der Waals surface area contributed by atoms with Crippen molar-refractivity contribution in [3.63, 3.8) is 0 Å². The van der Waals surface area contributed by atoms with Crippen molar-refractivity contribution in [2.24, 2.45) is 5.92 Å². The summed E-state index contributed by atoms with van der Waals surface area (Å²) < 4.78 is 0. The van der Waals surface area contributed by atoms with E-state index in [-0.39, 0.29) is 5.78 Å². The van der Waals surface area contributed by atoms with Crippen molar-refractivity contribution in [3.8, 4) is 0 Å². The molecule has 0 amide bonds. The number of Topliss-reactive ketones (excluding diaryl/α,β-unsaturated/α-hetero) is 1. The van der Waals surface area contributed by atoms with Crippen LogP contribution in [0.3, 0.4) is 0 Å². The number of hydrogen-bond donors (Lipinski definition) is 0. The molecule has 1 nitrogen and oxygen atoms in total. The van der Waals surface area contributed by atoms with Crippen molar-refractivity contribution in [3.05, 3.63) is 33.8 Å². The van der Waals surface area contributed by atoms with Gasteiger partial charge in [0.1, 0.15) is 0 Å². The highest BCUT2D eigenvalue weighted by molar-refractivity contribution is 6.39. The minimum absolute atomic E-state index is 0.0764. The summed E-state index contributed by atoms with van der Waals surface area (Å²) in [6.07, 6.45) is 6.69. The Hall–Kier alpha value is -0.530. The molecule has 0 unspecified atom stereocenters. The third-order valence-electron chi connectivity index (χ3n) is 3.50. The van der Waals surface area contributed by atoms with E-state index in [2.05, 4.69) is 0 Å². The molecule has 0 spiro atoms.